The van der Waals surface area contributed by atoms with Crippen LogP contribution < -0.4 is 0 Å². The first-order chi connectivity index (χ1) is 5.77. The first kappa shape index (κ1) is 9.01. The summed E-state index contributed by atoms with van der Waals surface area (Å²) in [6, 6.07) is 8.16. The zero-order chi connectivity index (χ0) is 8.97. The molecule has 1 heteroatoms. The molecule has 0 radical (unpaired) electrons. The molecule has 1 N–H and O–H groups in total. The predicted octanol–water partition coefficient (Wildman–Crippen LogP) is 2.39. The summed E-state index contributed by atoms with van der Waals surface area (Å²) in [5.41, 5.74) is 3.33. The van der Waals surface area contributed by atoms with Crippen LogP contribution in [0.2, 0.25) is 0 Å². The van der Waals surface area contributed by atoms with Crippen LogP contribution in [0.3, 0.4) is 0 Å². The number of aliphatic hydroxyl groups is 1. The van der Waals surface area contributed by atoms with Crippen LogP contribution in [0, 0.1) is 6.92 Å². The van der Waals surface area contributed by atoms with Gasteiger partial charge in [-0.25, -0.2) is 0 Å². The predicted molar refractivity (Wildman–Crippen MR) is 51.9 cm³/mol. The summed E-state index contributed by atoms with van der Waals surface area (Å²) in [5.74, 6) is 0. The zero-order valence-electron chi connectivity index (χ0n) is 7.54. The van der Waals surface area contributed by atoms with Crippen molar-refractivity contribution < 1.29 is 5.11 Å². The lowest BCUT2D eigenvalue weighted by atomic mass is 10.1. The molecule has 1 nitrogen and oxygen atoms in total. The molecule has 1 rings (SSSR count). The summed E-state index contributed by atoms with van der Waals surface area (Å²) in [6.07, 6.45) is 1.94. The molecule has 12 heavy (non-hydrogen) atoms. The molecule has 0 aliphatic carbocycles. The number of aliphatic hydroxyl groups excluding tert-OH is 1. The summed E-state index contributed by atoms with van der Waals surface area (Å²) >= 11 is 0. The van der Waals surface area contributed by atoms with Crippen molar-refractivity contribution in [2.75, 3.05) is 6.61 Å². The van der Waals surface area contributed by atoms with Crippen LogP contribution in [-0.2, 0) is 0 Å². The van der Waals surface area contributed by atoms with Gasteiger partial charge < -0.3 is 5.11 Å². The number of rotatable bonds is 2. The van der Waals surface area contributed by atoms with Gasteiger partial charge >= 0.3 is 0 Å². The Labute approximate surface area is 73.4 Å². The quantitative estimate of drug-likeness (QED) is 0.708. The first-order valence-corrected chi connectivity index (χ1v) is 4.11. The maximum absolute atomic E-state index is 8.98. The van der Waals surface area contributed by atoms with Gasteiger partial charge in [-0.1, -0.05) is 35.9 Å². The Kier molecular flexibility index (Phi) is 3.06. The lowest BCUT2D eigenvalue weighted by Gasteiger charge is -2.03. The second-order valence-corrected chi connectivity index (χ2v) is 2.84. The van der Waals surface area contributed by atoms with Crippen LogP contribution in [0.25, 0.3) is 5.57 Å². The normalized spacial score (nSPS) is 11.8. The van der Waals surface area contributed by atoms with Gasteiger partial charge in [0.25, 0.3) is 0 Å². The topological polar surface area (TPSA) is 20.2 Å². The third-order valence-corrected chi connectivity index (χ3v) is 1.94. The van der Waals surface area contributed by atoms with E-state index in [-0.39, 0.29) is 6.61 Å². The molecule has 0 saturated carbocycles. The Morgan fingerprint density at radius 3 is 2.33 bits per heavy atom. The minimum absolute atomic E-state index is 0.111. The lowest BCUT2D eigenvalue weighted by Crippen LogP contribution is -1.89. The third kappa shape index (κ3) is 1.95. The summed E-state index contributed by atoms with van der Waals surface area (Å²) in [4.78, 5) is 0. The van der Waals surface area contributed by atoms with Gasteiger partial charge in [-0.2, -0.15) is 0 Å². The highest BCUT2D eigenvalue weighted by atomic mass is 16.3. The van der Waals surface area contributed by atoms with Gasteiger partial charge in [-0.05, 0) is 25.0 Å². The molecule has 64 valence electrons. The largest absolute Gasteiger partial charge is 0.392 e. The molecule has 0 aromatic heterocycles. The van der Waals surface area contributed by atoms with E-state index in [9.17, 15) is 0 Å². The van der Waals surface area contributed by atoms with E-state index in [2.05, 4.69) is 19.1 Å². The second kappa shape index (κ2) is 4.07. The Morgan fingerprint density at radius 2 is 1.92 bits per heavy atom. The molecule has 1 aromatic rings. The zero-order valence-corrected chi connectivity index (χ0v) is 7.54. The number of benzene rings is 1. The van der Waals surface area contributed by atoms with Crippen molar-refractivity contribution in [3.63, 3.8) is 0 Å². The van der Waals surface area contributed by atoms with Crippen LogP contribution in [0.4, 0.5) is 0 Å². The van der Waals surface area contributed by atoms with Crippen LogP contribution in [-0.4, -0.2) is 11.7 Å². The van der Waals surface area contributed by atoms with Gasteiger partial charge in [0.15, 0.2) is 0 Å². The Balaban J connectivity index is 2.96. The molecular formula is C11H14O. The first-order valence-electron chi connectivity index (χ1n) is 4.11. The Bertz CT molecular complexity index is 270. The van der Waals surface area contributed by atoms with Crippen molar-refractivity contribution in [3.05, 3.63) is 41.5 Å². The lowest BCUT2D eigenvalue weighted by molar-refractivity contribution is 0.350. The highest BCUT2D eigenvalue weighted by Crippen LogP contribution is 2.13. The Morgan fingerprint density at radius 1 is 1.33 bits per heavy atom. The van der Waals surface area contributed by atoms with Crippen LogP contribution >= 0.6 is 0 Å². The fraction of sp³-hybridized carbons (Fsp3) is 0.273. The van der Waals surface area contributed by atoms with E-state index in [1.165, 1.54) is 5.56 Å². The van der Waals surface area contributed by atoms with Gasteiger partial charge in [0.1, 0.15) is 0 Å². The summed E-state index contributed by atoms with van der Waals surface area (Å²) < 4.78 is 0. The van der Waals surface area contributed by atoms with Crippen molar-refractivity contribution in [2.45, 2.75) is 13.8 Å². The van der Waals surface area contributed by atoms with E-state index in [0.717, 1.165) is 11.1 Å². The van der Waals surface area contributed by atoms with Gasteiger partial charge in [0.05, 0.1) is 6.61 Å². The fourth-order valence-electron chi connectivity index (χ4n) is 1.12. The number of hydrogen-bond acceptors (Lipinski definition) is 1. The molecule has 0 aliphatic rings. The molecule has 0 spiro atoms. The van der Waals surface area contributed by atoms with Crippen molar-refractivity contribution in [3.8, 4) is 0 Å². The highest BCUT2D eigenvalue weighted by Gasteiger charge is 1.96. The SMILES string of the molecule is C/C=C(/CO)c1ccc(C)cc1. The van der Waals surface area contributed by atoms with Gasteiger partial charge in [0.2, 0.25) is 0 Å². The molecule has 0 heterocycles. The highest BCUT2D eigenvalue weighted by molar-refractivity contribution is 5.65. The van der Waals surface area contributed by atoms with Crippen molar-refractivity contribution in [2.24, 2.45) is 0 Å². The molecular weight excluding hydrogens is 148 g/mol. The van der Waals surface area contributed by atoms with Crippen molar-refractivity contribution in [1.82, 2.24) is 0 Å². The third-order valence-electron chi connectivity index (χ3n) is 1.94. The van der Waals surface area contributed by atoms with E-state index < -0.39 is 0 Å². The molecule has 0 amide bonds. The van der Waals surface area contributed by atoms with E-state index in [0.29, 0.717) is 0 Å². The van der Waals surface area contributed by atoms with E-state index in [4.69, 9.17) is 5.11 Å². The smallest absolute Gasteiger partial charge is 0.0684 e. The fourth-order valence-corrected chi connectivity index (χ4v) is 1.12. The van der Waals surface area contributed by atoms with Gasteiger partial charge in [-0.15, -0.1) is 0 Å². The Hall–Kier alpha value is -1.08. The van der Waals surface area contributed by atoms with Crippen LogP contribution in [0.15, 0.2) is 30.3 Å². The molecule has 0 fully saturated rings. The van der Waals surface area contributed by atoms with Crippen molar-refractivity contribution >= 4 is 5.57 Å². The molecule has 0 atom stereocenters. The average molecular weight is 162 g/mol. The van der Waals surface area contributed by atoms with Crippen LogP contribution in [0.5, 0.6) is 0 Å². The molecule has 0 saturated heterocycles. The molecule has 0 bridgehead atoms. The van der Waals surface area contributed by atoms with Crippen molar-refractivity contribution in [1.29, 1.82) is 0 Å². The van der Waals surface area contributed by atoms with E-state index in [1.807, 2.05) is 25.1 Å². The summed E-state index contributed by atoms with van der Waals surface area (Å²) in [7, 11) is 0. The van der Waals surface area contributed by atoms with Gasteiger partial charge in [0, 0.05) is 0 Å². The van der Waals surface area contributed by atoms with Crippen LogP contribution in [0.1, 0.15) is 18.1 Å². The number of allylic oxidation sites excluding steroid dienone is 1. The monoisotopic (exact) mass is 162 g/mol. The molecule has 0 aliphatic heterocycles. The molecule has 1 aromatic carbocycles. The maximum atomic E-state index is 8.98. The number of hydrogen-bond donors (Lipinski definition) is 1. The second-order valence-electron chi connectivity index (χ2n) is 2.84. The minimum Gasteiger partial charge on any atom is -0.392 e. The average Bonchev–Trinajstić information content (AvgIpc) is 2.10. The molecule has 0 unspecified atom stereocenters. The summed E-state index contributed by atoms with van der Waals surface area (Å²) in [5, 5.41) is 8.98. The minimum atomic E-state index is 0.111. The summed E-state index contributed by atoms with van der Waals surface area (Å²) in [6.45, 7) is 4.10. The maximum Gasteiger partial charge on any atom is 0.0684 e. The van der Waals surface area contributed by atoms with E-state index in [1.54, 1.807) is 0 Å². The standard InChI is InChI=1S/C11H14O/c1-3-10(8-12)11-6-4-9(2)5-7-11/h3-7,12H,8H2,1-2H3/b10-3-. The van der Waals surface area contributed by atoms with E-state index >= 15 is 0 Å². The van der Waals surface area contributed by atoms with Gasteiger partial charge in [-0.3, -0.25) is 0 Å². The number of aryl methyl sites for hydroxylation is 1.